The highest BCUT2D eigenvalue weighted by Crippen LogP contribution is 2.39. The van der Waals surface area contributed by atoms with Crippen LogP contribution in [0.1, 0.15) is 52.6 Å². The summed E-state index contributed by atoms with van der Waals surface area (Å²) in [5.41, 5.74) is 2.05. The molecule has 0 spiro atoms. The molecule has 1 aromatic heterocycles. The van der Waals surface area contributed by atoms with E-state index < -0.39 is 6.04 Å². The van der Waals surface area contributed by atoms with Crippen molar-refractivity contribution in [3.63, 3.8) is 0 Å². The number of hydrogen-bond acceptors (Lipinski definition) is 8. The molecule has 1 aliphatic heterocycles. The number of ether oxygens (including phenoxy) is 3. The Hall–Kier alpha value is -2.68. The van der Waals surface area contributed by atoms with Crippen molar-refractivity contribution in [1.82, 2.24) is 14.8 Å². The highest BCUT2D eigenvalue weighted by molar-refractivity contribution is 7.99. The topological polar surface area (TPSA) is 87.5 Å². The van der Waals surface area contributed by atoms with Gasteiger partial charge in [-0.25, -0.2) is 9.48 Å². The van der Waals surface area contributed by atoms with Gasteiger partial charge in [-0.05, 0) is 50.6 Å². The first kappa shape index (κ1) is 23.0. The fourth-order valence-corrected chi connectivity index (χ4v) is 3.96. The van der Waals surface area contributed by atoms with Crippen molar-refractivity contribution in [2.24, 2.45) is 0 Å². The molecule has 1 aliphatic rings. The number of nitrogens with zero attached hydrogens (tertiary/aromatic N) is 3. The van der Waals surface area contributed by atoms with E-state index in [1.165, 1.54) is 0 Å². The van der Waals surface area contributed by atoms with Crippen LogP contribution in [-0.4, -0.2) is 46.3 Å². The number of thioether (sulfide) groups is 1. The van der Waals surface area contributed by atoms with Gasteiger partial charge in [-0.1, -0.05) is 31.7 Å². The fraction of sp³-hybridized carbons (Fsp3) is 0.500. The average Bonchev–Trinajstić information content (AvgIpc) is 3.14. The lowest BCUT2D eigenvalue weighted by Crippen LogP contribution is -2.29. The molecule has 3 rings (SSSR count). The first-order chi connectivity index (χ1) is 15.0. The Labute approximate surface area is 187 Å². The van der Waals surface area contributed by atoms with Crippen LogP contribution in [0, 0.1) is 0 Å². The van der Waals surface area contributed by atoms with Gasteiger partial charge in [0, 0.05) is 5.70 Å². The molecule has 2 aromatic rings. The quantitative estimate of drug-likeness (QED) is 0.424. The third kappa shape index (κ3) is 4.98. The third-order valence-corrected chi connectivity index (χ3v) is 5.37. The number of benzene rings is 1. The molecular weight excluding hydrogens is 416 g/mol. The number of rotatable bonds is 10. The molecule has 0 saturated heterocycles. The van der Waals surface area contributed by atoms with Crippen LogP contribution in [0.25, 0.3) is 0 Å². The molecule has 0 aliphatic carbocycles. The van der Waals surface area contributed by atoms with Crippen LogP contribution in [0.5, 0.6) is 11.5 Å². The SMILES string of the molecule is CCCOC(=O)C1=C(C)Nc2nc(SCC)nn2C1c1ccc(OCC)c(OCC)c1. The van der Waals surface area contributed by atoms with E-state index in [4.69, 9.17) is 14.2 Å². The summed E-state index contributed by atoms with van der Waals surface area (Å²) >= 11 is 1.55. The summed E-state index contributed by atoms with van der Waals surface area (Å²) in [5.74, 6) is 2.37. The molecule has 0 bridgehead atoms. The molecule has 9 heteroatoms. The van der Waals surface area contributed by atoms with Gasteiger partial charge in [0.2, 0.25) is 11.1 Å². The maximum atomic E-state index is 13.0. The van der Waals surface area contributed by atoms with Crippen LogP contribution in [0.15, 0.2) is 34.6 Å². The second kappa shape index (κ2) is 10.6. The Balaban J connectivity index is 2.12. The van der Waals surface area contributed by atoms with Crippen LogP contribution in [0.3, 0.4) is 0 Å². The number of anilines is 1. The zero-order valence-corrected chi connectivity index (χ0v) is 19.5. The smallest absolute Gasteiger partial charge is 0.338 e. The van der Waals surface area contributed by atoms with E-state index in [9.17, 15) is 4.79 Å². The molecule has 1 unspecified atom stereocenters. The largest absolute Gasteiger partial charge is 0.490 e. The third-order valence-electron chi connectivity index (χ3n) is 4.65. The molecule has 1 N–H and O–H groups in total. The maximum Gasteiger partial charge on any atom is 0.338 e. The van der Waals surface area contributed by atoms with E-state index in [-0.39, 0.29) is 5.97 Å². The van der Waals surface area contributed by atoms with Crippen molar-refractivity contribution >= 4 is 23.7 Å². The van der Waals surface area contributed by atoms with Crippen molar-refractivity contribution in [2.45, 2.75) is 52.2 Å². The summed E-state index contributed by atoms with van der Waals surface area (Å²) in [7, 11) is 0. The summed E-state index contributed by atoms with van der Waals surface area (Å²) in [6.45, 7) is 11.1. The Morgan fingerprint density at radius 3 is 2.58 bits per heavy atom. The highest BCUT2D eigenvalue weighted by Gasteiger charge is 2.35. The number of fused-ring (bicyclic) bond motifs is 1. The monoisotopic (exact) mass is 446 g/mol. The molecule has 2 heterocycles. The van der Waals surface area contributed by atoms with Gasteiger partial charge in [-0.15, -0.1) is 5.10 Å². The summed E-state index contributed by atoms with van der Waals surface area (Å²) in [5, 5.41) is 8.54. The van der Waals surface area contributed by atoms with Crippen LogP contribution in [-0.2, 0) is 9.53 Å². The predicted molar refractivity (Wildman–Crippen MR) is 121 cm³/mol. The fourth-order valence-electron chi connectivity index (χ4n) is 3.40. The van der Waals surface area contributed by atoms with Crippen LogP contribution >= 0.6 is 11.8 Å². The van der Waals surface area contributed by atoms with E-state index >= 15 is 0 Å². The summed E-state index contributed by atoms with van der Waals surface area (Å²) < 4.78 is 18.8. The first-order valence-electron chi connectivity index (χ1n) is 10.7. The van der Waals surface area contributed by atoms with E-state index in [1.807, 2.05) is 52.8 Å². The molecule has 0 amide bonds. The van der Waals surface area contributed by atoms with Gasteiger partial charge in [-0.2, -0.15) is 4.98 Å². The van der Waals surface area contributed by atoms with Crippen LogP contribution < -0.4 is 14.8 Å². The van der Waals surface area contributed by atoms with Gasteiger partial charge in [-0.3, -0.25) is 0 Å². The zero-order valence-electron chi connectivity index (χ0n) is 18.7. The molecule has 168 valence electrons. The Bertz CT molecular complexity index is 957. The molecule has 31 heavy (non-hydrogen) atoms. The van der Waals surface area contributed by atoms with Crippen molar-refractivity contribution in [3.8, 4) is 11.5 Å². The molecular formula is C22H30N4O4S. The number of aromatic nitrogens is 3. The lowest BCUT2D eigenvalue weighted by molar-refractivity contribution is -0.139. The molecule has 0 radical (unpaired) electrons. The van der Waals surface area contributed by atoms with Gasteiger partial charge in [0.25, 0.3) is 0 Å². The lowest BCUT2D eigenvalue weighted by atomic mass is 9.95. The highest BCUT2D eigenvalue weighted by atomic mass is 32.2. The number of esters is 1. The number of carbonyl (C=O) groups is 1. The molecule has 1 aromatic carbocycles. The van der Waals surface area contributed by atoms with Crippen molar-refractivity contribution in [2.75, 3.05) is 30.9 Å². The van der Waals surface area contributed by atoms with Crippen molar-refractivity contribution < 1.29 is 19.0 Å². The summed E-state index contributed by atoms with van der Waals surface area (Å²) in [6.07, 6.45) is 0.750. The molecule has 1 atom stereocenters. The Morgan fingerprint density at radius 1 is 1.16 bits per heavy atom. The Kier molecular flexibility index (Phi) is 7.84. The summed E-state index contributed by atoms with van der Waals surface area (Å²) in [6, 6.07) is 5.22. The van der Waals surface area contributed by atoms with Crippen molar-refractivity contribution in [3.05, 3.63) is 35.0 Å². The first-order valence-corrected chi connectivity index (χ1v) is 11.7. The van der Waals surface area contributed by atoms with Crippen LogP contribution in [0.4, 0.5) is 5.95 Å². The number of carbonyl (C=O) groups excluding carboxylic acids is 1. The van der Waals surface area contributed by atoms with Gasteiger partial charge in [0.05, 0.1) is 25.4 Å². The second-order valence-electron chi connectivity index (χ2n) is 6.87. The maximum absolute atomic E-state index is 13.0. The van der Waals surface area contributed by atoms with E-state index in [0.29, 0.717) is 53.7 Å². The Morgan fingerprint density at radius 2 is 1.90 bits per heavy atom. The minimum Gasteiger partial charge on any atom is -0.490 e. The van der Waals surface area contributed by atoms with E-state index in [1.54, 1.807) is 16.4 Å². The van der Waals surface area contributed by atoms with Gasteiger partial charge < -0.3 is 19.5 Å². The number of nitrogens with one attached hydrogen (secondary N) is 1. The molecule has 0 fully saturated rings. The average molecular weight is 447 g/mol. The van der Waals surface area contributed by atoms with Crippen LogP contribution in [0.2, 0.25) is 0 Å². The molecule has 8 nitrogen and oxygen atoms in total. The normalized spacial score (nSPS) is 15.3. The minimum absolute atomic E-state index is 0.358. The number of allylic oxidation sites excluding steroid dienone is 1. The van der Waals surface area contributed by atoms with Gasteiger partial charge >= 0.3 is 5.97 Å². The standard InChI is InChI=1S/C22H30N4O4S/c1-6-12-30-20(27)18-14(5)23-21-24-22(31-9-4)25-26(21)19(18)15-10-11-16(28-7-2)17(13-15)29-8-3/h10-11,13,19H,6-9,12H2,1-5H3,(H,23,24,25). The second-order valence-corrected chi connectivity index (χ2v) is 8.10. The van der Waals surface area contributed by atoms with E-state index in [0.717, 1.165) is 17.7 Å². The van der Waals surface area contributed by atoms with Gasteiger partial charge in [0.15, 0.2) is 11.5 Å². The van der Waals surface area contributed by atoms with E-state index in [2.05, 4.69) is 15.4 Å². The predicted octanol–water partition coefficient (Wildman–Crippen LogP) is 4.43. The number of hydrogen-bond donors (Lipinski definition) is 1. The van der Waals surface area contributed by atoms with Crippen molar-refractivity contribution in [1.29, 1.82) is 0 Å². The summed E-state index contributed by atoms with van der Waals surface area (Å²) in [4.78, 5) is 17.6. The van der Waals surface area contributed by atoms with Gasteiger partial charge in [0.1, 0.15) is 6.04 Å². The minimum atomic E-state index is -0.491. The zero-order chi connectivity index (χ0) is 22.4. The lowest BCUT2D eigenvalue weighted by Gasteiger charge is -2.28. The molecule has 0 saturated carbocycles.